The first kappa shape index (κ1) is 17.7. The van der Waals surface area contributed by atoms with Crippen LogP contribution in [-0.4, -0.2) is 22.1 Å². The summed E-state index contributed by atoms with van der Waals surface area (Å²) in [7, 11) is 1.84. The van der Waals surface area contributed by atoms with Crippen LogP contribution in [0.4, 0.5) is 4.39 Å². The van der Waals surface area contributed by atoms with Crippen molar-refractivity contribution in [3.05, 3.63) is 83.7 Å². The van der Waals surface area contributed by atoms with Crippen molar-refractivity contribution >= 4 is 5.91 Å². The Hall–Kier alpha value is -3.15. The molecule has 0 fully saturated rings. The van der Waals surface area contributed by atoms with Crippen molar-refractivity contribution in [2.75, 3.05) is 6.61 Å². The number of amides is 1. The van der Waals surface area contributed by atoms with Crippen LogP contribution in [0.3, 0.4) is 0 Å². The lowest BCUT2D eigenvalue weighted by atomic mass is 10.1. The molecule has 0 saturated heterocycles. The maximum Gasteiger partial charge on any atom is 0.258 e. The molecule has 26 heavy (non-hydrogen) atoms. The zero-order chi connectivity index (χ0) is 18.5. The molecule has 0 spiro atoms. The highest BCUT2D eigenvalue weighted by Gasteiger charge is 2.21. The van der Waals surface area contributed by atoms with E-state index in [2.05, 4.69) is 10.3 Å². The van der Waals surface area contributed by atoms with Crippen LogP contribution in [0.2, 0.25) is 0 Å². The third-order valence-electron chi connectivity index (χ3n) is 4.08. The van der Waals surface area contributed by atoms with E-state index in [1.54, 1.807) is 24.5 Å². The van der Waals surface area contributed by atoms with Gasteiger partial charge < -0.3 is 14.6 Å². The fraction of sp³-hybridized carbons (Fsp3) is 0.200. The molecule has 0 radical (unpaired) electrons. The summed E-state index contributed by atoms with van der Waals surface area (Å²) in [5.41, 5.74) is 1.70. The standard InChI is InChI=1S/C20H20FN3O2/c1-14-5-3-4-6-17(14)26-13-18(25)23-19(20-22-11-12-24(20)2)15-7-9-16(21)10-8-15/h3-12,19H,13H2,1-2H3,(H,23,25)/t19-/m1/s1. The largest absolute Gasteiger partial charge is 0.484 e. The van der Waals surface area contributed by atoms with E-state index in [0.717, 1.165) is 11.1 Å². The summed E-state index contributed by atoms with van der Waals surface area (Å²) >= 11 is 0. The minimum absolute atomic E-state index is 0.118. The molecule has 6 heteroatoms. The lowest BCUT2D eigenvalue weighted by Gasteiger charge is -2.19. The molecule has 1 aromatic heterocycles. The van der Waals surface area contributed by atoms with E-state index in [9.17, 15) is 9.18 Å². The van der Waals surface area contributed by atoms with Gasteiger partial charge in [-0.25, -0.2) is 9.37 Å². The maximum atomic E-state index is 13.3. The summed E-state index contributed by atoms with van der Waals surface area (Å²) in [6, 6.07) is 13.0. The molecule has 0 aliphatic heterocycles. The van der Waals surface area contributed by atoms with E-state index in [-0.39, 0.29) is 18.3 Å². The van der Waals surface area contributed by atoms with Gasteiger partial charge in [-0.2, -0.15) is 0 Å². The lowest BCUT2D eigenvalue weighted by molar-refractivity contribution is -0.123. The number of aryl methyl sites for hydroxylation is 2. The highest BCUT2D eigenvalue weighted by molar-refractivity contribution is 5.78. The first-order valence-corrected chi connectivity index (χ1v) is 8.25. The molecular formula is C20H20FN3O2. The van der Waals surface area contributed by atoms with Gasteiger partial charge in [0.05, 0.1) is 0 Å². The van der Waals surface area contributed by atoms with Crippen LogP contribution >= 0.6 is 0 Å². The summed E-state index contributed by atoms with van der Waals surface area (Å²) in [6.07, 6.45) is 3.45. The summed E-state index contributed by atoms with van der Waals surface area (Å²) in [4.78, 5) is 16.8. The molecule has 1 amide bonds. The fourth-order valence-corrected chi connectivity index (χ4v) is 2.67. The van der Waals surface area contributed by atoms with Crippen molar-refractivity contribution in [1.29, 1.82) is 0 Å². The number of halogens is 1. The van der Waals surface area contributed by atoms with Crippen LogP contribution in [0.1, 0.15) is 23.0 Å². The molecule has 1 N–H and O–H groups in total. The number of carbonyl (C=O) groups is 1. The summed E-state index contributed by atoms with van der Waals surface area (Å²) in [5, 5.41) is 2.92. The molecule has 3 rings (SSSR count). The summed E-state index contributed by atoms with van der Waals surface area (Å²) in [6.45, 7) is 1.80. The van der Waals surface area contributed by atoms with Gasteiger partial charge in [0, 0.05) is 19.4 Å². The van der Waals surface area contributed by atoms with Crippen LogP contribution < -0.4 is 10.1 Å². The molecule has 3 aromatic rings. The molecule has 1 heterocycles. The number of benzene rings is 2. The van der Waals surface area contributed by atoms with E-state index >= 15 is 0 Å². The van der Waals surface area contributed by atoms with Gasteiger partial charge in [-0.15, -0.1) is 0 Å². The topological polar surface area (TPSA) is 56.1 Å². The number of imidazole rings is 1. The summed E-state index contributed by atoms with van der Waals surface area (Å²) in [5.74, 6) is 0.700. The minimum atomic E-state index is -0.497. The molecule has 0 aliphatic rings. The Kier molecular flexibility index (Phi) is 5.31. The molecule has 134 valence electrons. The number of nitrogens with one attached hydrogen (secondary N) is 1. The molecule has 2 aromatic carbocycles. The van der Waals surface area contributed by atoms with Crippen molar-refractivity contribution < 1.29 is 13.9 Å². The number of ether oxygens (including phenoxy) is 1. The van der Waals surface area contributed by atoms with Crippen molar-refractivity contribution in [1.82, 2.24) is 14.9 Å². The number of hydrogen-bond donors (Lipinski definition) is 1. The Balaban J connectivity index is 1.75. The van der Waals surface area contributed by atoms with Gasteiger partial charge in [-0.05, 0) is 36.2 Å². The average Bonchev–Trinajstić information content (AvgIpc) is 3.05. The monoisotopic (exact) mass is 353 g/mol. The van der Waals surface area contributed by atoms with Crippen LogP contribution in [0.25, 0.3) is 0 Å². The number of aromatic nitrogens is 2. The number of rotatable bonds is 6. The number of para-hydroxylation sites is 1. The first-order chi connectivity index (χ1) is 12.5. The predicted molar refractivity (Wildman–Crippen MR) is 96.3 cm³/mol. The van der Waals surface area contributed by atoms with Gasteiger partial charge in [0.25, 0.3) is 5.91 Å². The highest BCUT2D eigenvalue weighted by Crippen LogP contribution is 2.21. The summed E-state index contributed by atoms with van der Waals surface area (Å²) < 4.78 is 20.7. The Morgan fingerprint density at radius 2 is 1.96 bits per heavy atom. The molecule has 1 atom stereocenters. The van der Waals surface area contributed by atoms with Crippen LogP contribution in [0, 0.1) is 12.7 Å². The van der Waals surface area contributed by atoms with Gasteiger partial charge >= 0.3 is 0 Å². The predicted octanol–water partition coefficient (Wildman–Crippen LogP) is 3.15. The number of nitrogens with zero attached hydrogens (tertiary/aromatic N) is 2. The zero-order valence-corrected chi connectivity index (χ0v) is 14.6. The zero-order valence-electron chi connectivity index (χ0n) is 14.6. The average molecular weight is 353 g/mol. The van der Waals surface area contributed by atoms with Crippen LogP contribution in [-0.2, 0) is 11.8 Å². The smallest absolute Gasteiger partial charge is 0.258 e. The van der Waals surface area contributed by atoms with Gasteiger partial charge in [0.1, 0.15) is 23.4 Å². The van der Waals surface area contributed by atoms with Crippen molar-refractivity contribution in [3.63, 3.8) is 0 Å². The molecule has 0 aliphatic carbocycles. The SMILES string of the molecule is Cc1ccccc1OCC(=O)N[C@H](c1ccc(F)cc1)c1nccn1C. The van der Waals surface area contributed by atoms with Crippen molar-refractivity contribution in [3.8, 4) is 5.75 Å². The van der Waals surface area contributed by atoms with Crippen molar-refractivity contribution in [2.45, 2.75) is 13.0 Å². The van der Waals surface area contributed by atoms with E-state index in [0.29, 0.717) is 11.6 Å². The maximum absolute atomic E-state index is 13.3. The second kappa shape index (κ2) is 7.82. The van der Waals surface area contributed by atoms with E-state index in [1.807, 2.05) is 42.8 Å². The quantitative estimate of drug-likeness (QED) is 0.741. The second-order valence-corrected chi connectivity index (χ2v) is 6.00. The van der Waals surface area contributed by atoms with E-state index < -0.39 is 6.04 Å². The minimum Gasteiger partial charge on any atom is -0.484 e. The van der Waals surface area contributed by atoms with Gasteiger partial charge in [-0.1, -0.05) is 30.3 Å². The normalized spacial score (nSPS) is 11.8. The first-order valence-electron chi connectivity index (χ1n) is 8.25. The van der Waals surface area contributed by atoms with Crippen LogP contribution in [0.15, 0.2) is 60.9 Å². The number of hydrogen-bond acceptors (Lipinski definition) is 3. The Morgan fingerprint density at radius 1 is 1.23 bits per heavy atom. The second-order valence-electron chi connectivity index (χ2n) is 6.00. The Bertz CT molecular complexity index is 890. The van der Waals surface area contributed by atoms with E-state index in [1.165, 1.54) is 12.1 Å². The number of carbonyl (C=O) groups excluding carboxylic acids is 1. The fourth-order valence-electron chi connectivity index (χ4n) is 2.67. The van der Waals surface area contributed by atoms with Gasteiger partial charge in [0.15, 0.2) is 6.61 Å². The highest BCUT2D eigenvalue weighted by atomic mass is 19.1. The molecule has 0 unspecified atom stereocenters. The lowest BCUT2D eigenvalue weighted by Crippen LogP contribution is -2.34. The van der Waals surface area contributed by atoms with Gasteiger partial charge in [-0.3, -0.25) is 4.79 Å². The molecule has 5 nitrogen and oxygen atoms in total. The molecule has 0 saturated carbocycles. The third-order valence-corrected chi connectivity index (χ3v) is 4.08. The van der Waals surface area contributed by atoms with Crippen molar-refractivity contribution in [2.24, 2.45) is 7.05 Å². The molecule has 0 bridgehead atoms. The third kappa shape index (κ3) is 4.08. The van der Waals surface area contributed by atoms with E-state index in [4.69, 9.17) is 4.74 Å². The molecular weight excluding hydrogens is 333 g/mol. The Morgan fingerprint density at radius 3 is 2.62 bits per heavy atom. The Labute approximate surface area is 151 Å². The van der Waals surface area contributed by atoms with Gasteiger partial charge in [0.2, 0.25) is 0 Å². The van der Waals surface area contributed by atoms with Crippen LogP contribution in [0.5, 0.6) is 5.75 Å².